The fourth-order valence-electron chi connectivity index (χ4n) is 0.591. The molecule has 2 atom stereocenters. The molecule has 0 aromatic rings. The third-order valence-corrected chi connectivity index (χ3v) is 1.51. The maximum Gasteiger partial charge on any atom is 0.0907 e. The molecule has 6 nitrogen and oxygen atoms in total. The first-order valence-electron chi connectivity index (χ1n) is 4.12. The molecule has 0 saturated heterocycles. The molecule has 0 amide bonds. The molecule has 2 unspecified atom stereocenters. The highest BCUT2D eigenvalue weighted by atomic mass is 16.3. The summed E-state index contributed by atoms with van der Waals surface area (Å²) in [6, 6.07) is 3.70. The molecule has 0 fully saturated rings. The van der Waals surface area contributed by atoms with Gasteiger partial charge in [0.25, 0.3) is 0 Å². The SMILES string of the molecule is N#CC(CO)CN=NCC(C#N)CO. The van der Waals surface area contributed by atoms with Gasteiger partial charge in [0, 0.05) is 0 Å². The second kappa shape index (κ2) is 8.11. The fraction of sp³-hybridized carbons (Fsp3) is 0.750. The van der Waals surface area contributed by atoms with Crippen molar-refractivity contribution in [2.45, 2.75) is 0 Å². The van der Waals surface area contributed by atoms with Gasteiger partial charge < -0.3 is 10.2 Å². The highest BCUT2D eigenvalue weighted by molar-refractivity contribution is 4.84. The van der Waals surface area contributed by atoms with Crippen molar-refractivity contribution in [3.8, 4) is 12.1 Å². The molecule has 0 aliphatic heterocycles. The zero-order chi connectivity index (χ0) is 10.8. The van der Waals surface area contributed by atoms with E-state index >= 15 is 0 Å². The smallest absolute Gasteiger partial charge is 0.0907 e. The van der Waals surface area contributed by atoms with Crippen LogP contribution in [0.1, 0.15) is 0 Å². The molecular formula is C8H12N4O2. The molecule has 0 aromatic heterocycles. The first-order valence-corrected chi connectivity index (χ1v) is 4.12. The van der Waals surface area contributed by atoms with E-state index in [1.807, 2.05) is 12.1 Å². The summed E-state index contributed by atoms with van der Waals surface area (Å²) in [5, 5.41) is 41.3. The van der Waals surface area contributed by atoms with Gasteiger partial charge in [-0.3, -0.25) is 0 Å². The number of aliphatic hydroxyl groups is 2. The molecule has 76 valence electrons. The van der Waals surface area contributed by atoms with Crippen molar-refractivity contribution in [1.82, 2.24) is 0 Å². The third kappa shape index (κ3) is 5.20. The van der Waals surface area contributed by atoms with E-state index in [0.717, 1.165) is 0 Å². The Morgan fingerprint density at radius 2 is 1.29 bits per heavy atom. The second-order valence-corrected chi connectivity index (χ2v) is 2.67. The third-order valence-electron chi connectivity index (χ3n) is 1.51. The van der Waals surface area contributed by atoms with Crippen LogP contribution in [-0.4, -0.2) is 36.5 Å². The summed E-state index contributed by atoms with van der Waals surface area (Å²) in [6.45, 7) is -0.262. The van der Waals surface area contributed by atoms with Gasteiger partial charge in [0.05, 0.1) is 50.3 Å². The zero-order valence-corrected chi connectivity index (χ0v) is 7.67. The van der Waals surface area contributed by atoms with Gasteiger partial charge in [-0.25, -0.2) is 0 Å². The largest absolute Gasteiger partial charge is 0.395 e. The number of azo groups is 1. The van der Waals surface area contributed by atoms with Crippen molar-refractivity contribution in [2.24, 2.45) is 22.1 Å². The average Bonchev–Trinajstić information content (AvgIpc) is 2.24. The van der Waals surface area contributed by atoms with Crippen LogP contribution in [0.5, 0.6) is 0 Å². The van der Waals surface area contributed by atoms with Gasteiger partial charge in [-0.2, -0.15) is 20.8 Å². The van der Waals surface area contributed by atoms with Crippen LogP contribution >= 0.6 is 0 Å². The van der Waals surface area contributed by atoms with Crippen molar-refractivity contribution in [3.63, 3.8) is 0 Å². The maximum atomic E-state index is 8.61. The fourth-order valence-corrected chi connectivity index (χ4v) is 0.591. The van der Waals surface area contributed by atoms with E-state index in [4.69, 9.17) is 20.7 Å². The minimum atomic E-state index is -0.548. The number of hydrogen-bond acceptors (Lipinski definition) is 6. The Balaban J connectivity index is 3.75. The highest BCUT2D eigenvalue weighted by Gasteiger charge is 2.05. The molecule has 0 aliphatic rings. The minimum absolute atomic E-state index is 0.122. The Morgan fingerprint density at radius 1 is 0.929 bits per heavy atom. The summed E-state index contributed by atoms with van der Waals surface area (Å²) in [6.07, 6.45) is 0. The van der Waals surface area contributed by atoms with Crippen molar-refractivity contribution >= 4 is 0 Å². The van der Waals surface area contributed by atoms with Crippen molar-refractivity contribution in [2.75, 3.05) is 26.3 Å². The van der Waals surface area contributed by atoms with Gasteiger partial charge in [-0.1, -0.05) is 0 Å². The van der Waals surface area contributed by atoms with E-state index in [9.17, 15) is 0 Å². The number of hydrogen-bond donors (Lipinski definition) is 2. The lowest BCUT2D eigenvalue weighted by molar-refractivity contribution is 0.253. The van der Waals surface area contributed by atoms with Gasteiger partial charge >= 0.3 is 0 Å². The van der Waals surface area contributed by atoms with E-state index in [1.165, 1.54) is 0 Å². The summed E-state index contributed by atoms with van der Waals surface area (Å²) >= 11 is 0. The molecule has 0 aromatic carbocycles. The van der Waals surface area contributed by atoms with E-state index in [1.54, 1.807) is 0 Å². The standard InChI is InChI=1S/C8H12N4O2/c9-1-7(5-13)3-11-12-4-8(2-10)6-14/h7-8,13-14H,3-6H2. The Kier molecular flexibility index (Phi) is 7.24. The quantitative estimate of drug-likeness (QED) is 0.568. The normalized spacial score (nSPS) is 14.6. The van der Waals surface area contributed by atoms with Gasteiger partial charge in [-0.15, -0.1) is 0 Å². The van der Waals surface area contributed by atoms with Crippen LogP contribution in [0.3, 0.4) is 0 Å². The molecule has 0 radical (unpaired) electrons. The molecular weight excluding hydrogens is 184 g/mol. The minimum Gasteiger partial charge on any atom is -0.395 e. The molecule has 14 heavy (non-hydrogen) atoms. The van der Waals surface area contributed by atoms with Crippen LogP contribution in [0.4, 0.5) is 0 Å². The molecule has 2 N–H and O–H groups in total. The Bertz CT molecular complexity index is 227. The van der Waals surface area contributed by atoms with Gasteiger partial charge in [-0.05, 0) is 0 Å². The van der Waals surface area contributed by atoms with Crippen LogP contribution in [0.25, 0.3) is 0 Å². The monoisotopic (exact) mass is 196 g/mol. The van der Waals surface area contributed by atoms with E-state index in [2.05, 4.69) is 10.2 Å². The van der Waals surface area contributed by atoms with Crippen LogP contribution in [-0.2, 0) is 0 Å². The van der Waals surface area contributed by atoms with Crippen molar-refractivity contribution in [1.29, 1.82) is 10.5 Å². The summed E-state index contributed by atoms with van der Waals surface area (Å²) in [4.78, 5) is 0. The van der Waals surface area contributed by atoms with Crippen LogP contribution in [0, 0.1) is 34.5 Å². The maximum absolute atomic E-state index is 8.61. The number of rotatable bonds is 6. The predicted molar refractivity (Wildman–Crippen MR) is 47.0 cm³/mol. The first-order chi connectivity index (χ1) is 6.78. The molecule has 0 aliphatic carbocycles. The topological polar surface area (TPSA) is 113 Å². The second-order valence-electron chi connectivity index (χ2n) is 2.67. The Labute approximate surface area is 82.1 Å². The zero-order valence-electron chi connectivity index (χ0n) is 7.67. The van der Waals surface area contributed by atoms with Crippen molar-refractivity contribution in [3.05, 3.63) is 0 Å². The first kappa shape index (κ1) is 12.5. The highest BCUT2D eigenvalue weighted by Crippen LogP contribution is 1.97. The van der Waals surface area contributed by atoms with Gasteiger partial charge in [0.1, 0.15) is 0 Å². The van der Waals surface area contributed by atoms with E-state index in [0.29, 0.717) is 0 Å². The molecule has 0 spiro atoms. The average molecular weight is 196 g/mol. The van der Waals surface area contributed by atoms with Gasteiger partial charge in [0.15, 0.2) is 0 Å². The van der Waals surface area contributed by atoms with E-state index < -0.39 is 11.8 Å². The number of nitrogens with zero attached hydrogens (tertiary/aromatic N) is 4. The Hall–Kier alpha value is -1.50. The molecule has 0 rings (SSSR count). The number of nitriles is 2. The molecule has 0 bridgehead atoms. The molecule has 0 saturated carbocycles. The predicted octanol–water partition coefficient (Wildman–Crippen LogP) is -0.297. The van der Waals surface area contributed by atoms with Crippen LogP contribution in [0.2, 0.25) is 0 Å². The van der Waals surface area contributed by atoms with E-state index in [-0.39, 0.29) is 26.3 Å². The summed E-state index contributed by atoms with van der Waals surface area (Å²) < 4.78 is 0. The lowest BCUT2D eigenvalue weighted by Crippen LogP contribution is -2.08. The molecule has 6 heteroatoms. The van der Waals surface area contributed by atoms with Crippen LogP contribution < -0.4 is 0 Å². The lowest BCUT2D eigenvalue weighted by Gasteiger charge is -2.00. The van der Waals surface area contributed by atoms with Crippen molar-refractivity contribution < 1.29 is 10.2 Å². The lowest BCUT2D eigenvalue weighted by atomic mass is 10.2. The molecule has 0 heterocycles. The number of aliphatic hydroxyl groups excluding tert-OH is 2. The Morgan fingerprint density at radius 3 is 1.50 bits per heavy atom. The summed E-state index contributed by atoms with van der Waals surface area (Å²) in [7, 11) is 0. The van der Waals surface area contributed by atoms with Gasteiger partial charge in [0.2, 0.25) is 0 Å². The summed E-state index contributed by atoms with van der Waals surface area (Å²) in [5.74, 6) is -1.10. The summed E-state index contributed by atoms with van der Waals surface area (Å²) in [5.41, 5.74) is 0. The van der Waals surface area contributed by atoms with Crippen LogP contribution in [0.15, 0.2) is 10.2 Å².